The van der Waals surface area contributed by atoms with E-state index in [9.17, 15) is 4.39 Å². The molecule has 1 heterocycles. The van der Waals surface area contributed by atoms with Gasteiger partial charge in [0.05, 0.1) is 29.1 Å². The molecule has 0 aliphatic rings. The van der Waals surface area contributed by atoms with Crippen LogP contribution in [0.5, 0.6) is 5.88 Å². The molecule has 0 spiro atoms. The number of para-hydroxylation sites is 1. The number of anilines is 1. The van der Waals surface area contributed by atoms with Crippen LogP contribution >= 0.6 is 11.6 Å². The molecule has 4 nitrogen and oxygen atoms in total. The number of aromatic nitrogens is 2. The van der Waals surface area contributed by atoms with Gasteiger partial charge in [0.25, 0.3) is 0 Å². The third-order valence-corrected chi connectivity index (χ3v) is 3.20. The van der Waals surface area contributed by atoms with Crippen LogP contribution in [0, 0.1) is 12.7 Å². The SMILES string of the molecule is COc1c(CNc2c(F)cccc2Cl)c(C)nn1C. The van der Waals surface area contributed by atoms with E-state index < -0.39 is 0 Å². The monoisotopic (exact) mass is 283 g/mol. The second-order valence-corrected chi connectivity index (χ2v) is 4.55. The Labute approximate surface area is 116 Å². The Morgan fingerprint density at radius 2 is 2.21 bits per heavy atom. The first kappa shape index (κ1) is 13.7. The molecule has 0 unspecified atom stereocenters. The lowest BCUT2D eigenvalue weighted by Crippen LogP contribution is -2.04. The van der Waals surface area contributed by atoms with Crippen molar-refractivity contribution in [2.45, 2.75) is 13.5 Å². The number of hydrogen-bond donors (Lipinski definition) is 1. The fourth-order valence-electron chi connectivity index (χ4n) is 1.98. The second kappa shape index (κ2) is 5.48. The van der Waals surface area contributed by atoms with Crippen molar-refractivity contribution in [1.29, 1.82) is 0 Å². The van der Waals surface area contributed by atoms with Gasteiger partial charge in [-0.3, -0.25) is 0 Å². The fourth-order valence-corrected chi connectivity index (χ4v) is 2.21. The molecule has 0 amide bonds. The van der Waals surface area contributed by atoms with Crippen LogP contribution in [0.3, 0.4) is 0 Å². The van der Waals surface area contributed by atoms with Crippen molar-refractivity contribution >= 4 is 17.3 Å². The van der Waals surface area contributed by atoms with Crippen LogP contribution in [0.15, 0.2) is 18.2 Å². The normalized spacial score (nSPS) is 10.6. The van der Waals surface area contributed by atoms with Crippen molar-refractivity contribution in [2.24, 2.45) is 7.05 Å². The highest BCUT2D eigenvalue weighted by Crippen LogP contribution is 2.27. The molecule has 1 N–H and O–H groups in total. The number of nitrogens with zero attached hydrogens (tertiary/aromatic N) is 2. The summed E-state index contributed by atoms with van der Waals surface area (Å²) < 4.78 is 20.6. The molecule has 19 heavy (non-hydrogen) atoms. The number of methoxy groups -OCH3 is 1. The van der Waals surface area contributed by atoms with E-state index in [0.717, 1.165) is 11.3 Å². The van der Waals surface area contributed by atoms with Gasteiger partial charge >= 0.3 is 0 Å². The van der Waals surface area contributed by atoms with Crippen LogP contribution in [0.4, 0.5) is 10.1 Å². The summed E-state index contributed by atoms with van der Waals surface area (Å²) in [5.74, 6) is 0.269. The predicted molar refractivity (Wildman–Crippen MR) is 73.2 cm³/mol. The van der Waals surface area contributed by atoms with Gasteiger partial charge in [0, 0.05) is 13.6 Å². The maximum atomic E-state index is 13.6. The zero-order chi connectivity index (χ0) is 14.0. The zero-order valence-corrected chi connectivity index (χ0v) is 11.8. The minimum Gasteiger partial charge on any atom is -0.481 e. The van der Waals surface area contributed by atoms with Gasteiger partial charge in [-0.05, 0) is 19.1 Å². The molecule has 0 saturated carbocycles. The average Bonchev–Trinajstić information content (AvgIpc) is 2.63. The highest BCUT2D eigenvalue weighted by Gasteiger charge is 2.15. The standard InChI is InChI=1S/C13H15ClFN3O/c1-8-9(13(19-3)18(2)17-8)7-16-12-10(14)5-4-6-11(12)15/h4-6,16H,7H2,1-3H3. The molecular formula is C13H15ClFN3O. The maximum absolute atomic E-state index is 13.6. The summed E-state index contributed by atoms with van der Waals surface area (Å²) in [7, 11) is 3.38. The molecule has 0 aliphatic carbocycles. The molecule has 0 fully saturated rings. The summed E-state index contributed by atoms with van der Waals surface area (Å²) in [5, 5.41) is 7.60. The molecule has 6 heteroatoms. The van der Waals surface area contributed by atoms with Gasteiger partial charge < -0.3 is 10.1 Å². The van der Waals surface area contributed by atoms with Crippen LogP contribution in [0.1, 0.15) is 11.3 Å². The minimum absolute atomic E-state index is 0.287. The van der Waals surface area contributed by atoms with E-state index in [4.69, 9.17) is 16.3 Å². The first-order valence-electron chi connectivity index (χ1n) is 5.79. The number of aryl methyl sites for hydroxylation is 2. The summed E-state index contributed by atoms with van der Waals surface area (Å²) in [6, 6.07) is 4.57. The van der Waals surface area contributed by atoms with Crippen LogP contribution in [0.2, 0.25) is 5.02 Å². The van der Waals surface area contributed by atoms with E-state index in [1.54, 1.807) is 31.0 Å². The fraction of sp³-hybridized carbons (Fsp3) is 0.308. The van der Waals surface area contributed by atoms with Crippen molar-refractivity contribution in [3.05, 3.63) is 40.3 Å². The number of benzene rings is 1. The van der Waals surface area contributed by atoms with Gasteiger partial charge in [-0.15, -0.1) is 0 Å². The van der Waals surface area contributed by atoms with Gasteiger partial charge in [-0.25, -0.2) is 9.07 Å². The largest absolute Gasteiger partial charge is 0.481 e. The molecule has 1 aromatic carbocycles. The van der Waals surface area contributed by atoms with Gasteiger partial charge in [0.15, 0.2) is 0 Å². The number of rotatable bonds is 4. The van der Waals surface area contributed by atoms with E-state index in [-0.39, 0.29) is 11.5 Å². The van der Waals surface area contributed by atoms with E-state index in [0.29, 0.717) is 17.4 Å². The molecule has 0 radical (unpaired) electrons. The van der Waals surface area contributed by atoms with Gasteiger partial charge in [0.1, 0.15) is 5.82 Å². The predicted octanol–water partition coefficient (Wildman–Crippen LogP) is 3.14. The van der Waals surface area contributed by atoms with Crippen molar-refractivity contribution in [1.82, 2.24) is 9.78 Å². The summed E-state index contributed by atoms with van der Waals surface area (Å²) in [4.78, 5) is 0. The molecular weight excluding hydrogens is 269 g/mol. The van der Waals surface area contributed by atoms with E-state index in [1.165, 1.54) is 6.07 Å². The Morgan fingerprint density at radius 1 is 1.47 bits per heavy atom. The Balaban J connectivity index is 2.24. The molecule has 0 bridgehead atoms. The highest BCUT2D eigenvalue weighted by molar-refractivity contribution is 6.33. The summed E-state index contributed by atoms with van der Waals surface area (Å²) in [6.07, 6.45) is 0. The quantitative estimate of drug-likeness (QED) is 0.937. The second-order valence-electron chi connectivity index (χ2n) is 4.15. The summed E-state index contributed by atoms with van der Waals surface area (Å²) >= 11 is 5.96. The van der Waals surface area contributed by atoms with Gasteiger partial charge in [-0.1, -0.05) is 17.7 Å². The van der Waals surface area contributed by atoms with E-state index in [2.05, 4.69) is 10.4 Å². The number of nitrogens with one attached hydrogen (secondary N) is 1. The molecule has 102 valence electrons. The molecule has 1 aromatic heterocycles. The zero-order valence-electron chi connectivity index (χ0n) is 11.0. The van der Waals surface area contributed by atoms with Crippen LogP contribution < -0.4 is 10.1 Å². The minimum atomic E-state index is -0.381. The third kappa shape index (κ3) is 2.66. The maximum Gasteiger partial charge on any atom is 0.216 e. The van der Waals surface area contributed by atoms with E-state index in [1.807, 2.05) is 6.92 Å². The molecule has 2 rings (SSSR count). The third-order valence-electron chi connectivity index (χ3n) is 2.89. The Kier molecular flexibility index (Phi) is 3.95. The van der Waals surface area contributed by atoms with Crippen molar-refractivity contribution in [3.8, 4) is 5.88 Å². The number of hydrogen-bond acceptors (Lipinski definition) is 3. The first-order valence-corrected chi connectivity index (χ1v) is 6.16. The van der Waals surface area contributed by atoms with Crippen molar-refractivity contribution < 1.29 is 9.13 Å². The van der Waals surface area contributed by atoms with Gasteiger partial charge in [-0.2, -0.15) is 5.10 Å². The lowest BCUT2D eigenvalue weighted by molar-refractivity contribution is 0.369. The summed E-state index contributed by atoms with van der Waals surface area (Å²) in [6.45, 7) is 2.27. The first-order chi connectivity index (χ1) is 9.04. The van der Waals surface area contributed by atoms with Crippen molar-refractivity contribution in [2.75, 3.05) is 12.4 Å². The Bertz CT molecular complexity index is 578. The van der Waals surface area contributed by atoms with Crippen LogP contribution in [-0.4, -0.2) is 16.9 Å². The number of ether oxygens (including phenoxy) is 1. The lowest BCUT2D eigenvalue weighted by Gasteiger charge is -2.10. The van der Waals surface area contributed by atoms with Crippen molar-refractivity contribution in [3.63, 3.8) is 0 Å². The molecule has 0 saturated heterocycles. The number of halogens is 2. The lowest BCUT2D eigenvalue weighted by atomic mass is 10.2. The van der Waals surface area contributed by atoms with E-state index >= 15 is 0 Å². The van der Waals surface area contributed by atoms with Gasteiger partial charge in [0.2, 0.25) is 5.88 Å². The topological polar surface area (TPSA) is 39.1 Å². The molecule has 0 aliphatic heterocycles. The molecule has 0 atom stereocenters. The van der Waals surface area contributed by atoms with Crippen LogP contribution in [0.25, 0.3) is 0 Å². The highest BCUT2D eigenvalue weighted by atomic mass is 35.5. The van der Waals surface area contributed by atoms with Crippen LogP contribution in [-0.2, 0) is 13.6 Å². The Morgan fingerprint density at radius 3 is 2.84 bits per heavy atom. The Hall–Kier alpha value is -1.75. The average molecular weight is 284 g/mol. The molecule has 2 aromatic rings. The summed E-state index contributed by atoms with van der Waals surface area (Å²) in [5.41, 5.74) is 2.00. The smallest absolute Gasteiger partial charge is 0.216 e.